The Labute approximate surface area is 211 Å². The SMILES string of the molecule is COc1ccc(C=C2SC(=S)N(C3C(=O)N(c4ccccc4)N(C)C3C)C2=O)c(C(=O)O)c1OC. The predicted octanol–water partition coefficient (Wildman–Crippen LogP) is 3.25. The van der Waals surface area contributed by atoms with Crippen molar-refractivity contribution in [3.8, 4) is 11.5 Å². The minimum Gasteiger partial charge on any atom is -0.493 e. The van der Waals surface area contributed by atoms with E-state index in [0.29, 0.717) is 5.69 Å². The third-order valence-corrected chi connectivity index (χ3v) is 7.33. The van der Waals surface area contributed by atoms with E-state index in [1.807, 2.05) is 37.3 Å². The Kier molecular flexibility index (Phi) is 6.84. The third-order valence-electron chi connectivity index (χ3n) is 6.00. The van der Waals surface area contributed by atoms with Gasteiger partial charge in [0.05, 0.1) is 30.9 Å². The number of thiocarbonyl (C=S) groups is 1. The van der Waals surface area contributed by atoms with E-state index in [1.165, 1.54) is 36.3 Å². The van der Waals surface area contributed by atoms with Gasteiger partial charge in [0.1, 0.15) is 15.9 Å². The lowest BCUT2D eigenvalue weighted by molar-refractivity contribution is -0.130. The molecule has 182 valence electrons. The van der Waals surface area contributed by atoms with Gasteiger partial charge in [-0.05, 0) is 36.8 Å². The number of benzene rings is 2. The predicted molar refractivity (Wildman–Crippen MR) is 136 cm³/mol. The molecule has 2 fully saturated rings. The normalized spacial score (nSPS) is 21.8. The van der Waals surface area contributed by atoms with Crippen molar-refractivity contribution in [3.63, 3.8) is 0 Å². The molecule has 2 amide bonds. The minimum atomic E-state index is -1.23. The van der Waals surface area contributed by atoms with Gasteiger partial charge in [0.25, 0.3) is 11.8 Å². The molecule has 2 aromatic carbocycles. The zero-order valence-electron chi connectivity index (χ0n) is 19.4. The number of hydrogen-bond acceptors (Lipinski definition) is 8. The van der Waals surface area contributed by atoms with E-state index in [4.69, 9.17) is 21.7 Å². The lowest BCUT2D eigenvalue weighted by Crippen LogP contribution is -2.48. The molecule has 2 saturated heterocycles. The molecule has 2 heterocycles. The van der Waals surface area contributed by atoms with Crippen LogP contribution in [0.2, 0.25) is 0 Å². The molecule has 0 bridgehead atoms. The van der Waals surface area contributed by atoms with Crippen LogP contribution in [0.3, 0.4) is 0 Å². The number of carboxylic acids is 1. The largest absolute Gasteiger partial charge is 0.493 e. The number of anilines is 1. The lowest BCUT2D eigenvalue weighted by Gasteiger charge is -2.26. The van der Waals surface area contributed by atoms with Crippen LogP contribution in [0, 0.1) is 0 Å². The number of carbonyl (C=O) groups is 3. The van der Waals surface area contributed by atoms with Crippen molar-refractivity contribution < 1.29 is 29.0 Å². The fourth-order valence-corrected chi connectivity index (χ4v) is 5.54. The Hall–Kier alpha value is -3.41. The Morgan fingerprint density at radius 3 is 2.40 bits per heavy atom. The Morgan fingerprint density at radius 1 is 1.11 bits per heavy atom. The first-order valence-corrected chi connectivity index (χ1v) is 11.8. The number of ether oxygens (including phenoxy) is 2. The number of thioether (sulfide) groups is 1. The monoisotopic (exact) mass is 513 g/mol. The highest BCUT2D eigenvalue weighted by atomic mass is 32.2. The fourth-order valence-electron chi connectivity index (χ4n) is 4.22. The average molecular weight is 514 g/mol. The van der Waals surface area contributed by atoms with Crippen molar-refractivity contribution in [2.24, 2.45) is 0 Å². The second kappa shape index (κ2) is 9.68. The van der Waals surface area contributed by atoms with E-state index in [-0.39, 0.29) is 43.8 Å². The molecule has 0 saturated carbocycles. The number of rotatable bonds is 6. The molecule has 0 aliphatic carbocycles. The van der Waals surface area contributed by atoms with Gasteiger partial charge in [-0.25, -0.2) is 14.8 Å². The van der Waals surface area contributed by atoms with Gasteiger partial charge in [0.15, 0.2) is 11.5 Å². The zero-order chi connectivity index (χ0) is 25.4. The van der Waals surface area contributed by atoms with Crippen molar-refractivity contribution in [1.82, 2.24) is 9.91 Å². The van der Waals surface area contributed by atoms with E-state index >= 15 is 0 Å². The van der Waals surface area contributed by atoms with Crippen LogP contribution in [0.25, 0.3) is 6.08 Å². The molecule has 11 heteroatoms. The first-order chi connectivity index (χ1) is 16.7. The van der Waals surface area contributed by atoms with Gasteiger partial charge in [0.2, 0.25) is 0 Å². The Morgan fingerprint density at radius 2 is 1.80 bits per heavy atom. The number of aromatic carboxylic acids is 1. The molecule has 9 nitrogen and oxygen atoms in total. The van der Waals surface area contributed by atoms with Crippen LogP contribution in [0.15, 0.2) is 47.4 Å². The van der Waals surface area contributed by atoms with Crippen LogP contribution in [0.1, 0.15) is 22.8 Å². The summed E-state index contributed by atoms with van der Waals surface area (Å²) in [5, 5.41) is 13.1. The van der Waals surface area contributed by atoms with Crippen molar-refractivity contribution in [3.05, 3.63) is 58.5 Å². The summed E-state index contributed by atoms with van der Waals surface area (Å²) >= 11 is 6.52. The molecule has 35 heavy (non-hydrogen) atoms. The number of likely N-dealkylation sites (N-methyl/N-ethyl adjacent to an activating group) is 1. The minimum absolute atomic E-state index is 0.0453. The van der Waals surface area contributed by atoms with Crippen LogP contribution in [-0.2, 0) is 9.59 Å². The number of carbonyl (C=O) groups excluding carboxylic acids is 2. The topological polar surface area (TPSA) is 99.6 Å². The zero-order valence-corrected chi connectivity index (χ0v) is 21.1. The summed E-state index contributed by atoms with van der Waals surface area (Å²) in [6.07, 6.45) is 1.45. The fraction of sp³-hybridized carbons (Fsp3) is 0.250. The van der Waals surface area contributed by atoms with Crippen molar-refractivity contribution in [1.29, 1.82) is 0 Å². The van der Waals surface area contributed by atoms with Crippen LogP contribution >= 0.6 is 24.0 Å². The van der Waals surface area contributed by atoms with Gasteiger partial charge in [-0.1, -0.05) is 48.2 Å². The van der Waals surface area contributed by atoms with Crippen LogP contribution < -0.4 is 14.5 Å². The molecular weight excluding hydrogens is 490 g/mol. The van der Waals surface area contributed by atoms with E-state index < -0.39 is 17.9 Å². The molecule has 2 aromatic rings. The number of methoxy groups -OCH3 is 2. The molecule has 4 rings (SSSR count). The van der Waals surface area contributed by atoms with Crippen LogP contribution in [0.5, 0.6) is 11.5 Å². The number of para-hydroxylation sites is 1. The molecule has 2 aliphatic rings. The molecule has 0 spiro atoms. The van der Waals surface area contributed by atoms with Crippen LogP contribution in [0.4, 0.5) is 5.69 Å². The quantitative estimate of drug-likeness (QED) is 0.461. The number of hydrazine groups is 1. The van der Waals surface area contributed by atoms with Gasteiger partial charge in [0, 0.05) is 7.05 Å². The summed E-state index contributed by atoms with van der Waals surface area (Å²) in [7, 11) is 4.53. The van der Waals surface area contributed by atoms with Gasteiger partial charge in [-0.15, -0.1) is 0 Å². The summed E-state index contributed by atoms with van der Waals surface area (Å²) in [6.45, 7) is 1.85. The van der Waals surface area contributed by atoms with Gasteiger partial charge in [-0.3, -0.25) is 14.5 Å². The average Bonchev–Trinajstić information content (AvgIpc) is 3.23. The summed E-state index contributed by atoms with van der Waals surface area (Å²) in [5.41, 5.74) is 0.800. The third kappa shape index (κ3) is 4.15. The second-order valence-electron chi connectivity index (χ2n) is 7.87. The van der Waals surface area contributed by atoms with Gasteiger partial charge < -0.3 is 14.6 Å². The maximum Gasteiger partial charge on any atom is 0.340 e. The maximum absolute atomic E-state index is 13.5. The number of nitrogens with zero attached hydrogens (tertiary/aromatic N) is 3. The van der Waals surface area contributed by atoms with E-state index in [9.17, 15) is 19.5 Å². The first-order valence-electron chi connectivity index (χ1n) is 10.6. The molecule has 2 atom stereocenters. The highest BCUT2D eigenvalue weighted by Crippen LogP contribution is 2.40. The standard InChI is InChI=1S/C24H23N3O6S2/c1-13-19(22(29)27(25(13)2)15-8-6-5-7-9-15)26-21(28)17(35-24(26)34)12-14-10-11-16(32-3)20(33-4)18(14)23(30)31/h5-13,19H,1-4H3,(H,30,31). The van der Waals surface area contributed by atoms with Crippen molar-refractivity contribution in [2.75, 3.05) is 26.3 Å². The lowest BCUT2D eigenvalue weighted by atomic mass is 10.0. The maximum atomic E-state index is 13.5. The number of amides is 2. The van der Waals surface area contributed by atoms with Crippen molar-refractivity contribution in [2.45, 2.75) is 19.0 Å². The molecule has 0 aromatic heterocycles. The van der Waals surface area contributed by atoms with E-state index in [2.05, 4.69) is 0 Å². The molecular formula is C24H23N3O6S2. The number of hydrogen-bond donors (Lipinski definition) is 1. The van der Waals surface area contributed by atoms with Gasteiger partial charge in [-0.2, -0.15) is 0 Å². The van der Waals surface area contributed by atoms with Gasteiger partial charge >= 0.3 is 5.97 Å². The first kappa shape index (κ1) is 24.7. The van der Waals surface area contributed by atoms with E-state index in [1.54, 1.807) is 18.1 Å². The summed E-state index contributed by atoms with van der Waals surface area (Å²) in [5.74, 6) is -1.67. The smallest absolute Gasteiger partial charge is 0.340 e. The summed E-state index contributed by atoms with van der Waals surface area (Å²) in [6, 6.07) is 11.1. The summed E-state index contributed by atoms with van der Waals surface area (Å²) < 4.78 is 10.7. The second-order valence-corrected chi connectivity index (χ2v) is 9.54. The molecule has 1 N–H and O–H groups in total. The van der Waals surface area contributed by atoms with E-state index in [0.717, 1.165) is 11.8 Å². The molecule has 2 unspecified atom stereocenters. The van der Waals surface area contributed by atoms with Crippen molar-refractivity contribution >= 4 is 57.8 Å². The highest BCUT2D eigenvalue weighted by molar-refractivity contribution is 8.26. The van der Waals surface area contributed by atoms with Crippen LogP contribution in [-0.4, -0.2) is 70.5 Å². The highest BCUT2D eigenvalue weighted by Gasteiger charge is 2.51. The summed E-state index contributed by atoms with van der Waals surface area (Å²) in [4.78, 5) is 40.5. The Balaban J connectivity index is 1.71. The number of carboxylic acid groups (broad SMARTS) is 1. The molecule has 0 radical (unpaired) electrons. The molecule has 2 aliphatic heterocycles. The Bertz CT molecular complexity index is 1250.